The van der Waals surface area contributed by atoms with Crippen LogP contribution in [0.25, 0.3) is 0 Å². The van der Waals surface area contributed by atoms with Crippen LogP contribution in [0.4, 0.5) is 0 Å². The van der Waals surface area contributed by atoms with Crippen LogP contribution in [0.3, 0.4) is 0 Å². The number of aromatic nitrogens is 1. The Balaban J connectivity index is 1.84. The maximum atomic E-state index is 12.3. The molecule has 0 saturated heterocycles. The van der Waals surface area contributed by atoms with E-state index >= 15 is 0 Å². The molecule has 1 aromatic carbocycles. The Labute approximate surface area is 169 Å². The number of ether oxygens (including phenoxy) is 1. The lowest BCUT2D eigenvalue weighted by molar-refractivity contribution is -0.205. The molecule has 0 aliphatic heterocycles. The van der Waals surface area contributed by atoms with Crippen LogP contribution in [-0.2, 0) is 22.2 Å². The molecule has 6 heteroatoms. The summed E-state index contributed by atoms with van der Waals surface area (Å²) in [6.45, 7) is 3.86. The third-order valence-corrected chi connectivity index (χ3v) is 8.08. The average Bonchev–Trinajstić information content (AvgIpc) is 3.23. The Morgan fingerprint density at radius 3 is 2.82 bits per heavy atom. The second-order valence-corrected chi connectivity index (χ2v) is 9.32. The van der Waals surface area contributed by atoms with Crippen molar-refractivity contribution in [2.75, 3.05) is 7.11 Å². The fourth-order valence-corrected chi connectivity index (χ4v) is 6.53. The maximum Gasteiger partial charge on any atom is 0.338 e. The molecule has 1 fully saturated rings. The molecule has 0 spiro atoms. The molecule has 4 rings (SSSR count). The summed E-state index contributed by atoms with van der Waals surface area (Å²) in [4.78, 5) is 16.6. The van der Waals surface area contributed by atoms with Gasteiger partial charge in [-0.2, -0.15) is 0 Å². The molecule has 1 saturated carbocycles. The van der Waals surface area contributed by atoms with Crippen molar-refractivity contribution in [2.45, 2.75) is 62.6 Å². The first kappa shape index (κ1) is 19.6. The fourth-order valence-electron chi connectivity index (χ4n) is 5.66. The highest BCUT2D eigenvalue weighted by molar-refractivity contribution is 7.09. The monoisotopic (exact) mass is 401 g/mol. The van der Waals surface area contributed by atoms with Crippen molar-refractivity contribution in [3.8, 4) is 0 Å². The molecular formula is C22H27NO4S. The van der Waals surface area contributed by atoms with Crippen molar-refractivity contribution in [1.82, 2.24) is 4.98 Å². The fraction of sp³-hybridized carbons (Fsp3) is 0.545. The van der Waals surface area contributed by atoms with Crippen molar-refractivity contribution in [2.24, 2.45) is 5.92 Å². The number of aliphatic hydroxyl groups is 2. The molecule has 150 valence electrons. The van der Waals surface area contributed by atoms with Gasteiger partial charge in [0, 0.05) is 17.0 Å². The molecule has 4 unspecified atom stereocenters. The predicted octanol–water partition coefficient (Wildman–Crippen LogP) is 3.57. The van der Waals surface area contributed by atoms with Gasteiger partial charge >= 0.3 is 5.97 Å². The van der Waals surface area contributed by atoms with Crippen molar-refractivity contribution >= 4 is 17.3 Å². The normalized spacial score (nSPS) is 34.4. The van der Waals surface area contributed by atoms with Crippen molar-refractivity contribution in [3.63, 3.8) is 0 Å². The van der Waals surface area contributed by atoms with Gasteiger partial charge in [0.05, 0.1) is 18.3 Å². The van der Waals surface area contributed by atoms with Crippen LogP contribution in [0.5, 0.6) is 0 Å². The molecule has 1 aromatic heterocycles. The first-order chi connectivity index (χ1) is 13.3. The van der Waals surface area contributed by atoms with Crippen LogP contribution < -0.4 is 0 Å². The lowest BCUT2D eigenvalue weighted by atomic mass is 9.49. The first-order valence-corrected chi connectivity index (χ1v) is 10.7. The lowest BCUT2D eigenvalue weighted by Gasteiger charge is -2.58. The number of esters is 1. The molecule has 1 heterocycles. The van der Waals surface area contributed by atoms with E-state index in [-0.39, 0.29) is 17.3 Å². The Morgan fingerprint density at radius 1 is 1.39 bits per heavy atom. The maximum absolute atomic E-state index is 12.3. The standard InChI is InChI=1S/C22H27NO4S/c1-4-21-13-20(2,25)22(26,19-23-10-11-28-19)12-14(21)8-9-15-16(18(24)27-3)6-5-7-17(15)21/h5-7,10-11,14,25-26H,4,8-9,12-13H2,1-3H3. The Morgan fingerprint density at radius 2 is 2.18 bits per heavy atom. The molecule has 2 aromatic rings. The zero-order valence-electron chi connectivity index (χ0n) is 16.6. The van der Waals surface area contributed by atoms with Crippen LogP contribution in [-0.4, -0.2) is 33.9 Å². The zero-order chi connectivity index (χ0) is 20.2. The van der Waals surface area contributed by atoms with Crippen molar-refractivity contribution in [3.05, 3.63) is 51.5 Å². The van der Waals surface area contributed by atoms with E-state index < -0.39 is 11.2 Å². The number of carbonyl (C=O) groups excluding carboxylic acids is 1. The minimum Gasteiger partial charge on any atom is -0.465 e. The number of fused-ring (bicyclic) bond motifs is 3. The van der Waals surface area contributed by atoms with E-state index in [9.17, 15) is 15.0 Å². The summed E-state index contributed by atoms with van der Waals surface area (Å²) in [5, 5.41) is 25.5. The number of hydrogen-bond acceptors (Lipinski definition) is 6. The number of benzene rings is 1. The number of rotatable bonds is 3. The van der Waals surface area contributed by atoms with E-state index in [0.717, 1.165) is 30.4 Å². The van der Waals surface area contributed by atoms with Crippen molar-refractivity contribution in [1.29, 1.82) is 0 Å². The minimum atomic E-state index is -1.36. The van der Waals surface area contributed by atoms with E-state index in [0.29, 0.717) is 23.4 Å². The summed E-state index contributed by atoms with van der Waals surface area (Å²) in [5.74, 6) is -0.115. The van der Waals surface area contributed by atoms with Crippen LogP contribution in [0.2, 0.25) is 0 Å². The SMILES string of the molecule is CCC12CC(C)(O)C(O)(c3nccs3)CC1CCc1c(C(=O)OC)cccc12. The highest BCUT2D eigenvalue weighted by atomic mass is 32.1. The third kappa shape index (κ3) is 2.58. The molecular weight excluding hydrogens is 374 g/mol. The molecule has 0 amide bonds. The second-order valence-electron chi connectivity index (χ2n) is 8.42. The number of nitrogens with zero attached hydrogens (tertiary/aromatic N) is 1. The molecule has 2 N–H and O–H groups in total. The van der Waals surface area contributed by atoms with Gasteiger partial charge in [-0.25, -0.2) is 9.78 Å². The molecule has 0 radical (unpaired) electrons. The Bertz CT molecular complexity index is 894. The van der Waals surface area contributed by atoms with Crippen molar-refractivity contribution < 1.29 is 19.7 Å². The van der Waals surface area contributed by atoms with E-state index in [1.165, 1.54) is 18.4 Å². The number of thiazole rings is 1. The number of methoxy groups -OCH3 is 1. The molecule has 5 nitrogen and oxygen atoms in total. The molecule has 4 atom stereocenters. The van der Waals surface area contributed by atoms with Crippen LogP contribution in [0.1, 0.15) is 66.0 Å². The summed E-state index contributed by atoms with van der Waals surface area (Å²) in [7, 11) is 1.41. The van der Waals surface area contributed by atoms with Gasteiger partial charge in [0.1, 0.15) is 10.6 Å². The highest BCUT2D eigenvalue weighted by Gasteiger charge is 2.62. The van der Waals surface area contributed by atoms with E-state index in [1.807, 2.05) is 17.5 Å². The topological polar surface area (TPSA) is 79.7 Å². The summed E-state index contributed by atoms with van der Waals surface area (Å²) in [5.41, 5.74) is -0.204. The summed E-state index contributed by atoms with van der Waals surface area (Å²) in [6.07, 6.45) is 5.02. The molecule has 2 aliphatic carbocycles. The van der Waals surface area contributed by atoms with E-state index in [4.69, 9.17) is 4.74 Å². The molecule has 2 aliphatic rings. The highest BCUT2D eigenvalue weighted by Crippen LogP contribution is 2.60. The van der Waals surface area contributed by atoms with Gasteiger partial charge in [-0.1, -0.05) is 19.1 Å². The second kappa shape index (κ2) is 6.65. The average molecular weight is 402 g/mol. The van der Waals surface area contributed by atoms with Gasteiger partial charge in [-0.15, -0.1) is 11.3 Å². The Hall–Kier alpha value is -1.76. The summed E-state index contributed by atoms with van der Waals surface area (Å²) < 4.78 is 4.99. The smallest absolute Gasteiger partial charge is 0.338 e. The predicted molar refractivity (Wildman–Crippen MR) is 107 cm³/mol. The number of hydrogen-bond donors (Lipinski definition) is 2. The first-order valence-electron chi connectivity index (χ1n) is 9.84. The van der Waals surface area contributed by atoms with Gasteiger partial charge in [-0.05, 0) is 62.1 Å². The van der Waals surface area contributed by atoms with Gasteiger partial charge in [-0.3, -0.25) is 0 Å². The van der Waals surface area contributed by atoms with E-state index in [1.54, 1.807) is 13.1 Å². The summed E-state index contributed by atoms with van der Waals surface area (Å²) in [6, 6.07) is 5.81. The van der Waals surface area contributed by atoms with Gasteiger partial charge in [0.25, 0.3) is 0 Å². The quantitative estimate of drug-likeness (QED) is 0.769. The van der Waals surface area contributed by atoms with Crippen LogP contribution in [0.15, 0.2) is 29.8 Å². The number of carbonyl (C=O) groups is 1. The van der Waals surface area contributed by atoms with Crippen LogP contribution >= 0.6 is 11.3 Å². The zero-order valence-corrected chi connectivity index (χ0v) is 17.4. The minimum absolute atomic E-state index is 0.201. The Kier molecular flexibility index (Phi) is 4.64. The van der Waals surface area contributed by atoms with Crippen LogP contribution in [0, 0.1) is 5.92 Å². The third-order valence-electron chi connectivity index (χ3n) is 7.15. The molecule has 28 heavy (non-hydrogen) atoms. The summed E-state index contributed by atoms with van der Waals surface area (Å²) >= 11 is 1.39. The van der Waals surface area contributed by atoms with Gasteiger partial charge in [0.2, 0.25) is 0 Å². The lowest BCUT2D eigenvalue weighted by Crippen LogP contribution is -2.62. The van der Waals surface area contributed by atoms with E-state index in [2.05, 4.69) is 18.0 Å². The van der Waals surface area contributed by atoms with Gasteiger partial charge in [0.15, 0.2) is 0 Å². The van der Waals surface area contributed by atoms with Gasteiger partial charge < -0.3 is 14.9 Å². The molecule has 0 bridgehead atoms. The largest absolute Gasteiger partial charge is 0.465 e.